The Balaban J connectivity index is 0.00000228. The van der Waals surface area contributed by atoms with Crippen LogP contribution in [0.4, 0.5) is 19.0 Å². The van der Waals surface area contributed by atoms with Crippen molar-refractivity contribution in [2.24, 2.45) is 0 Å². The van der Waals surface area contributed by atoms with Gasteiger partial charge in [0.25, 0.3) is 5.91 Å². The van der Waals surface area contributed by atoms with Gasteiger partial charge in [0, 0.05) is 23.9 Å². The number of amides is 1. The number of aromatic nitrogens is 2. The summed E-state index contributed by atoms with van der Waals surface area (Å²) in [5, 5.41) is 3.02. The molecule has 1 fully saturated rings. The van der Waals surface area contributed by atoms with Crippen molar-refractivity contribution in [1.82, 2.24) is 15.3 Å². The third-order valence-electron chi connectivity index (χ3n) is 5.50. The number of carbonyl (C=O) groups excluding carboxylic acids is 1. The quantitative estimate of drug-likeness (QED) is 0.291. The number of nitrogens with zero attached hydrogens (tertiary/aromatic N) is 2. The molecule has 2 aromatic heterocycles. The van der Waals surface area contributed by atoms with Crippen molar-refractivity contribution >= 4 is 17.8 Å². The van der Waals surface area contributed by atoms with Crippen LogP contribution in [0.2, 0.25) is 0 Å². The fourth-order valence-electron chi connectivity index (χ4n) is 3.71. The Morgan fingerprint density at radius 1 is 1.06 bits per heavy atom. The molecule has 6 nitrogen and oxygen atoms in total. The summed E-state index contributed by atoms with van der Waals surface area (Å²) < 4.78 is 43.7. The van der Waals surface area contributed by atoms with E-state index in [0.29, 0.717) is 11.3 Å². The molecule has 4 rings (SSSR count). The van der Waals surface area contributed by atoms with E-state index in [-0.39, 0.29) is 50.9 Å². The van der Waals surface area contributed by atoms with Gasteiger partial charge in [-0.05, 0) is 55.5 Å². The van der Waals surface area contributed by atoms with E-state index in [4.69, 9.17) is 10.5 Å². The summed E-state index contributed by atoms with van der Waals surface area (Å²) in [7, 11) is 0. The molecule has 0 aliphatic heterocycles. The van der Waals surface area contributed by atoms with E-state index in [9.17, 15) is 18.0 Å². The fourth-order valence-corrected chi connectivity index (χ4v) is 3.71. The topological polar surface area (TPSA) is 87.9 Å². The molecule has 0 atom stereocenters. The van der Waals surface area contributed by atoms with Crippen LogP contribution in [-0.2, 0) is 26.0 Å². The first kappa shape index (κ1) is 29.0. The predicted octanol–water partition coefficient (Wildman–Crippen LogP) is 7.18. The van der Waals surface area contributed by atoms with Crippen LogP contribution >= 0.6 is 0 Å². The second kappa shape index (κ2) is 12.6. The van der Waals surface area contributed by atoms with Gasteiger partial charge in [-0.15, -0.1) is 0 Å². The van der Waals surface area contributed by atoms with Crippen LogP contribution in [0.15, 0.2) is 66.5 Å². The number of benzene rings is 1. The zero-order valence-corrected chi connectivity index (χ0v) is 22.0. The molecule has 2 heterocycles. The normalized spacial score (nSPS) is 15.2. The minimum atomic E-state index is -4.44. The fraction of sp³-hybridized carbons (Fsp3) is 0.231. The number of ether oxygens (including phenoxy) is 1. The Morgan fingerprint density at radius 3 is 2.42 bits per heavy atom. The van der Waals surface area contributed by atoms with Crippen molar-refractivity contribution in [3.05, 3.63) is 96.3 Å². The molecule has 1 amide bonds. The largest absolute Gasteiger partial charge is 4.00 e. The van der Waals surface area contributed by atoms with Crippen LogP contribution in [0.3, 0.4) is 0 Å². The van der Waals surface area contributed by atoms with Crippen molar-refractivity contribution in [1.29, 1.82) is 0 Å². The molecule has 0 unspecified atom stereocenters. The predicted molar refractivity (Wildman–Crippen MR) is 128 cm³/mol. The number of hydrogen-bond acceptors (Lipinski definition) is 4. The SMILES string of the molecule is [CH3-].[NH-]c1ccc(C(=O)NC2CCC(=Cc3cccc(Oc4ccc(C(F)(F)F)cn4)c3)CC2)cn1.[Os+4]. The van der Waals surface area contributed by atoms with Crippen LogP contribution in [0.1, 0.15) is 47.2 Å². The summed E-state index contributed by atoms with van der Waals surface area (Å²) >= 11 is 0. The van der Waals surface area contributed by atoms with Crippen molar-refractivity contribution in [2.45, 2.75) is 37.9 Å². The van der Waals surface area contributed by atoms with Gasteiger partial charge in [-0.25, -0.2) is 4.98 Å². The summed E-state index contributed by atoms with van der Waals surface area (Å²) in [5.74, 6) is 0.497. The van der Waals surface area contributed by atoms with Crippen LogP contribution < -0.4 is 10.1 Å². The van der Waals surface area contributed by atoms with Gasteiger partial charge >= 0.3 is 26.0 Å². The van der Waals surface area contributed by atoms with Crippen LogP contribution in [0.25, 0.3) is 11.8 Å². The first-order valence-corrected chi connectivity index (χ1v) is 10.8. The average molecular weight is 673 g/mol. The second-order valence-electron chi connectivity index (χ2n) is 8.04. The van der Waals surface area contributed by atoms with Gasteiger partial charge in [0.05, 0.1) is 5.56 Å². The van der Waals surface area contributed by atoms with E-state index in [1.54, 1.807) is 12.1 Å². The molecule has 1 aliphatic rings. The van der Waals surface area contributed by atoms with Gasteiger partial charge in [-0.3, -0.25) is 4.79 Å². The molecule has 0 radical (unpaired) electrons. The summed E-state index contributed by atoms with van der Waals surface area (Å²) in [5.41, 5.74) is 9.18. The number of halogens is 3. The molecule has 1 saturated carbocycles. The molecule has 10 heteroatoms. The molecular formula is C26H25F3N4O2Os+2. The van der Waals surface area contributed by atoms with E-state index in [1.807, 2.05) is 18.2 Å². The molecule has 2 N–H and O–H groups in total. The maximum absolute atomic E-state index is 12.7. The molecule has 188 valence electrons. The first-order chi connectivity index (χ1) is 16.3. The van der Waals surface area contributed by atoms with Crippen molar-refractivity contribution in [3.63, 3.8) is 0 Å². The zero-order valence-electron chi connectivity index (χ0n) is 19.5. The second-order valence-corrected chi connectivity index (χ2v) is 8.04. The molecule has 3 aromatic rings. The summed E-state index contributed by atoms with van der Waals surface area (Å²) in [4.78, 5) is 19.9. The molecule has 1 aliphatic carbocycles. The van der Waals surface area contributed by atoms with Crippen molar-refractivity contribution < 1.29 is 42.5 Å². The number of nitrogens with one attached hydrogen (secondary N) is 2. The van der Waals surface area contributed by atoms with Crippen molar-refractivity contribution in [2.75, 3.05) is 0 Å². The molecule has 0 spiro atoms. The average Bonchev–Trinajstić information content (AvgIpc) is 2.81. The maximum atomic E-state index is 12.7. The van der Waals surface area contributed by atoms with E-state index in [1.165, 1.54) is 23.9 Å². The van der Waals surface area contributed by atoms with Gasteiger partial charge < -0.3 is 28.2 Å². The van der Waals surface area contributed by atoms with Gasteiger partial charge in [-0.2, -0.15) is 13.2 Å². The third-order valence-corrected chi connectivity index (χ3v) is 5.50. The number of alkyl halides is 3. The third kappa shape index (κ3) is 7.89. The van der Waals surface area contributed by atoms with E-state index >= 15 is 0 Å². The Bertz CT molecular complexity index is 1170. The number of rotatable bonds is 5. The molecule has 0 saturated heterocycles. The monoisotopic (exact) mass is 674 g/mol. The molecule has 1 aromatic carbocycles. The Kier molecular flexibility index (Phi) is 10.2. The van der Waals surface area contributed by atoms with E-state index < -0.39 is 11.7 Å². The number of hydrogen-bond donors (Lipinski definition) is 1. The van der Waals surface area contributed by atoms with Gasteiger partial charge in [0.1, 0.15) is 5.75 Å². The standard InChI is InChI=1S/C25H23F3N4O2.CH3.Os/c26-25(27,28)19-7-11-23(31-15-19)34-21-3-1-2-17(13-21)12-16-4-8-20(9-5-16)32-24(33)18-6-10-22(29)30-14-18;;/h1-3,6-7,10-15,20H,4-5,8-9H2,(H3,29,30,32,33);1H3;/q;-1;+4/p-1. The molecular weight excluding hydrogens is 648 g/mol. The first-order valence-electron chi connectivity index (χ1n) is 10.8. The van der Waals surface area contributed by atoms with E-state index in [0.717, 1.165) is 43.5 Å². The van der Waals surface area contributed by atoms with Crippen LogP contribution in [0, 0.1) is 7.43 Å². The minimum Gasteiger partial charge on any atom is -0.482 e. The van der Waals surface area contributed by atoms with Gasteiger partial charge in [0.15, 0.2) is 0 Å². The Hall–Kier alpha value is -3.24. The van der Waals surface area contributed by atoms with E-state index in [2.05, 4.69) is 21.4 Å². The van der Waals surface area contributed by atoms with Gasteiger partial charge in [0.2, 0.25) is 5.88 Å². The minimum absolute atomic E-state index is 0. The Morgan fingerprint density at radius 2 is 1.81 bits per heavy atom. The van der Waals surface area contributed by atoms with Gasteiger partial charge in [-0.1, -0.05) is 41.9 Å². The number of allylic oxidation sites excluding steroid dienone is 1. The Labute approximate surface area is 221 Å². The smallest absolute Gasteiger partial charge is 0.482 e. The maximum Gasteiger partial charge on any atom is 4.00 e. The van der Waals surface area contributed by atoms with Crippen LogP contribution in [-0.4, -0.2) is 21.9 Å². The summed E-state index contributed by atoms with van der Waals surface area (Å²) in [6, 6.07) is 12.5. The molecule has 0 bridgehead atoms. The van der Waals surface area contributed by atoms with Crippen LogP contribution in [0.5, 0.6) is 11.6 Å². The number of carbonyl (C=O) groups is 1. The molecule has 36 heavy (non-hydrogen) atoms. The van der Waals surface area contributed by atoms with Crippen molar-refractivity contribution in [3.8, 4) is 11.6 Å². The number of pyridine rings is 2. The summed E-state index contributed by atoms with van der Waals surface area (Å²) in [6.07, 6.45) is 3.08. The zero-order chi connectivity index (χ0) is 24.1. The summed E-state index contributed by atoms with van der Waals surface area (Å²) in [6.45, 7) is 0.